The van der Waals surface area contributed by atoms with Gasteiger partial charge in [-0.2, -0.15) is 14.0 Å². The van der Waals surface area contributed by atoms with Crippen LogP contribution in [0.1, 0.15) is 65.8 Å². The summed E-state index contributed by atoms with van der Waals surface area (Å²) in [4.78, 5) is 26.5. The molecule has 2 aromatic heterocycles. The van der Waals surface area contributed by atoms with Crippen molar-refractivity contribution in [3.05, 3.63) is 71.6 Å². The zero-order valence-electron chi connectivity index (χ0n) is 20.7. The minimum Gasteiger partial charge on any atom is -0.434 e. The Morgan fingerprint density at radius 1 is 1.21 bits per heavy atom. The first-order valence-electron chi connectivity index (χ1n) is 12.5. The van der Waals surface area contributed by atoms with E-state index in [1.54, 1.807) is 25.4 Å². The quantitative estimate of drug-likeness (QED) is 0.403. The molecule has 9 nitrogen and oxygen atoms in total. The zero-order valence-corrected chi connectivity index (χ0v) is 20.7. The average Bonchev–Trinajstić information content (AvgIpc) is 3.39. The SMILES string of the molecule is C[C@]1(C#N)C[C@](O)(c2ncc(-c3ccc4nc5n(c4c3)[C@H]3CC5NC(=O)c4cccc(OC(F)F)c43)cn2)C1. The third-order valence-electron chi connectivity index (χ3n) is 8.00. The highest BCUT2D eigenvalue weighted by Gasteiger charge is 2.54. The fraction of sp³-hybridized carbons (Fsp3) is 0.321. The van der Waals surface area contributed by atoms with Crippen LogP contribution in [0.4, 0.5) is 8.78 Å². The van der Waals surface area contributed by atoms with Gasteiger partial charge in [0.25, 0.3) is 5.91 Å². The lowest BCUT2D eigenvalue weighted by molar-refractivity contribution is -0.109. The van der Waals surface area contributed by atoms with Crippen LogP contribution in [0, 0.1) is 16.7 Å². The largest absolute Gasteiger partial charge is 0.434 e. The number of nitrogens with zero attached hydrogens (tertiary/aromatic N) is 5. The highest BCUT2D eigenvalue weighted by Crippen LogP contribution is 2.52. The van der Waals surface area contributed by atoms with Crippen LogP contribution >= 0.6 is 0 Å². The molecule has 2 aromatic carbocycles. The van der Waals surface area contributed by atoms with Crippen LogP contribution in [0.2, 0.25) is 0 Å². The fourth-order valence-corrected chi connectivity index (χ4v) is 6.38. The second kappa shape index (κ2) is 8.04. The molecule has 39 heavy (non-hydrogen) atoms. The first kappa shape index (κ1) is 23.7. The number of hydrogen-bond donors (Lipinski definition) is 2. The van der Waals surface area contributed by atoms with Gasteiger partial charge in [-0.05, 0) is 43.2 Å². The Bertz CT molecular complexity index is 1710. The first-order chi connectivity index (χ1) is 18.7. The third-order valence-corrected chi connectivity index (χ3v) is 8.00. The predicted octanol–water partition coefficient (Wildman–Crippen LogP) is 4.38. The highest BCUT2D eigenvalue weighted by molar-refractivity contribution is 5.98. The number of rotatable bonds is 4. The van der Waals surface area contributed by atoms with Crippen LogP contribution in [0.15, 0.2) is 48.8 Å². The molecule has 3 aliphatic rings. The van der Waals surface area contributed by atoms with Crippen LogP contribution in [0.3, 0.4) is 0 Å². The molecule has 1 fully saturated rings. The van der Waals surface area contributed by atoms with Crippen molar-refractivity contribution >= 4 is 16.9 Å². The summed E-state index contributed by atoms with van der Waals surface area (Å²) < 4.78 is 33.3. The van der Waals surface area contributed by atoms with Gasteiger partial charge < -0.3 is 19.7 Å². The number of nitriles is 1. The second-order valence-electron chi connectivity index (χ2n) is 10.8. The van der Waals surface area contributed by atoms with Gasteiger partial charge in [-0.3, -0.25) is 4.79 Å². The van der Waals surface area contributed by atoms with Gasteiger partial charge in [-0.15, -0.1) is 0 Å². The number of ether oxygens (including phenoxy) is 1. The van der Waals surface area contributed by atoms with E-state index in [2.05, 4.69) is 21.4 Å². The predicted molar refractivity (Wildman–Crippen MR) is 134 cm³/mol. The molecule has 1 amide bonds. The third kappa shape index (κ3) is 3.51. The minimum absolute atomic E-state index is 0.0282. The van der Waals surface area contributed by atoms with Crippen molar-refractivity contribution in [2.45, 2.75) is 50.5 Å². The number of alkyl halides is 2. The summed E-state index contributed by atoms with van der Waals surface area (Å²) in [6.45, 7) is -1.22. The van der Waals surface area contributed by atoms with Gasteiger partial charge in [0.2, 0.25) is 0 Å². The Morgan fingerprint density at radius 3 is 2.69 bits per heavy atom. The van der Waals surface area contributed by atoms with Crippen LogP contribution in [0.5, 0.6) is 5.75 Å². The molecule has 196 valence electrons. The van der Waals surface area contributed by atoms with E-state index in [0.29, 0.717) is 28.9 Å². The maximum atomic E-state index is 13.3. The van der Waals surface area contributed by atoms with Crippen molar-refractivity contribution < 1.29 is 23.4 Å². The maximum Gasteiger partial charge on any atom is 0.387 e. The lowest BCUT2D eigenvalue weighted by Crippen LogP contribution is -2.48. The molecule has 11 heteroatoms. The van der Waals surface area contributed by atoms with Crippen LogP contribution in [-0.2, 0) is 5.60 Å². The van der Waals surface area contributed by atoms with Gasteiger partial charge in [0.1, 0.15) is 17.2 Å². The number of imidazole rings is 1. The van der Waals surface area contributed by atoms with Gasteiger partial charge in [-0.25, -0.2) is 15.0 Å². The highest BCUT2D eigenvalue weighted by atomic mass is 19.3. The number of hydrogen-bond acceptors (Lipinski definition) is 7. The van der Waals surface area contributed by atoms with Gasteiger partial charge in [0.05, 0.1) is 34.6 Å². The zero-order chi connectivity index (χ0) is 27.1. The number of carbonyl (C=O) groups excluding carboxylic acids is 1. The Morgan fingerprint density at radius 2 is 1.97 bits per heavy atom. The van der Waals surface area contributed by atoms with Gasteiger partial charge in [-0.1, -0.05) is 12.1 Å². The molecule has 2 aliphatic heterocycles. The van der Waals surface area contributed by atoms with E-state index in [1.807, 2.05) is 22.8 Å². The molecule has 4 aromatic rings. The number of aromatic nitrogens is 4. The van der Waals surface area contributed by atoms with Crippen molar-refractivity contribution in [2.75, 3.05) is 0 Å². The van der Waals surface area contributed by atoms with Crippen molar-refractivity contribution in [3.63, 3.8) is 0 Å². The Labute approximate surface area is 221 Å². The van der Waals surface area contributed by atoms with E-state index in [-0.39, 0.29) is 36.4 Å². The van der Waals surface area contributed by atoms with Crippen LogP contribution < -0.4 is 10.1 Å². The summed E-state index contributed by atoms with van der Waals surface area (Å²) in [5, 5.41) is 23.1. The molecular weight excluding hydrogens is 506 g/mol. The van der Waals surface area contributed by atoms with E-state index < -0.39 is 23.7 Å². The summed E-state index contributed by atoms with van der Waals surface area (Å²) in [7, 11) is 0. The number of halogens is 2. The van der Waals surface area contributed by atoms with Crippen molar-refractivity contribution in [1.82, 2.24) is 24.8 Å². The maximum absolute atomic E-state index is 13.3. The number of amides is 1. The Balaban J connectivity index is 1.29. The molecule has 2 N–H and O–H groups in total. The molecule has 2 atom stereocenters. The van der Waals surface area contributed by atoms with Crippen LogP contribution in [-0.4, -0.2) is 37.1 Å². The van der Waals surface area contributed by atoms with E-state index >= 15 is 0 Å². The van der Waals surface area contributed by atoms with E-state index in [4.69, 9.17) is 9.72 Å². The summed E-state index contributed by atoms with van der Waals surface area (Å²) >= 11 is 0. The number of aliphatic hydroxyl groups is 1. The normalized spacial score (nSPS) is 26.8. The van der Waals surface area contributed by atoms with Gasteiger partial charge in [0, 0.05) is 41.9 Å². The number of benzene rings is 2. The molecule has 1 saturated carbocycles. The number of nitrogens with one attached hydrogen (secondary N) is 1. The van der Waals surface area contributed by atoms with Crippen molar-refractivity contribution in [3.8, 4) is 22.9 Å². The summed E-state index contributed by atoms with van der Waals surface area (Å²) in [6.07, 6.45) is 4.29. The number of carbonyl (C=O) groups is 1. The lowest BCUT2D eigenvalue weighted by atomic mass is 9.60. The molecule has 0 saturated heterocycles. The smallest absolute Gasteiger partial charge is 0.387 e. The molecule has 2 bridgehead atoms. The molecule has 4 heterocycles. The monoisotopic (exact) mass is 528 g/mol. The standard InChI is InChI=1S/C28H22F2N6O3/c1-27(13-31)11-28(38,12-27)25-32-9-15(10-33-25)14-5-6-17-19(7-14)36-20-8-18(23(36)34-17)35-24(37)16-3-2-4-21(22(16)20)39-26(29)30/h2-7,9-10,18,20,26,38H,8,11-12H2,1H3,(H,35,37)/t18?,20-,27-,28+/m0/s1. The fourth-order valence-electron chi connectivity index (χ4n) is 6.38. The molecule has 0 spiro atoms. The van der Waals surface area contributed by atoms with Crippen molar-refractivity contribution in [1.29, 1.82) is 5.26 Å². The topological polar surface area (TPSA) is 126 Å². The summed E-state index contributed by atoms with van der Waals surface area (Å²) in [6, 6.07) is 11.7. The van der Waals surface area contributed by atoms with Gasteiger partial charge >= 0.3 is 6.61 Å². The molecular formula is C28H22F2N6O3. The Kier molecular flexibility index (Phi) is 4.88. The van der Waals surface area contributed by atoms with Gasteiger partial charge in [0.15, 0.2) is 5.82 Å². The van der Waals surface area contributed by atoms with E-state index in [0.717, 1.165) is 16.6 Å². The minimum atomic E-state index is -3.03. The molecule has 0 radical (unpaired) electrons. The van der Waals surface area contributed by atoms with E-state index in [9.17, 15) is 23.9 Å². The van der Waals surface area contributed by atoms with E-state index in [1.165, 1.54) is 12.1 Å². The average molecular weight is 529 g/mol. The lowest BCUT2D eigenvalue weighted by Gasteiger charge is -2.46. The molecule has 1 unspecified atom stereocenters. The summed E-state index contributed by atoms with van der Waals surface area (Å²) in [5.74, 6) is 0.558. The first-order valence-corrected chi connectivity index (χ1v) is 12.5. The molecule has 1 aliphatic carbocycles. The molecule has 7 rings (SSSR count). The second-order valence-corrected chi connectivity index (χ2v) is 10.8. The Hall–Kier alpha value is -4.43. The van der Waals surface area contributed by atoms with Crippen molar-refractivity contribution in [2.24, 2.45) is 5.41 Å². The number of fused-ring (bicyclic) bond motifs is 9. The van der Waals surface area contributed by atoms with Crippen LogP contribution in [0.25, 0.3) is 22.2 Å². The summed E-state index contributed by atoms with van der Waals surface area (Å²) in [5.41, 5.74) is 1.91.